The molecule has 0 aromatic heterocycles. The Morgan fingerprint density at radius 1 is 1.78 bits per heavy atom. The number of Topliss-reactive ketones (excluding diaryl/α,β-unsaturated/α-hetero) is 1. The van der Waals surface area contributed by atoms with Crippen molar-refractivity contribution in [2.24, 2.45) is 0 Å². The van der Waals surface area contributed by atoms with Crippen molar-refractivity contribution in [3.05, 3.63) is 0 Å². The highest BCUT2D eigenvalue weighted by Crippen LogP contribution is 1.92. The lowest BCUT2D eigenvalue weighted by atomic mass is 10.2. The molecule has 0 aliphatic heterocycles. The van der Waals surface area contributed by atoms with Crippen molar-refractivity contribution in [1.82, 2.24) is 0 Å². The second-order valence-electron chi connectivity index (χ2n) is 1.69. The van der Waals surface area contributed by atoms with Gasteiger partial charge >= 0.3 is 0 Å². The maximum atomic E-state index is 10.6. The summed E-state index contributed by atoms with van der Waals surface area (Å²) < 4.78 is 4.36. The highest BCUT2D eigenvalue weighted by molar-refractivity contribution is 5.83. The van der Waals surface area contributed by atoms with Gasteiger partial charge in [0.05, 0.1) is 0 Å². The van der Waals surface area contributed by atoms with Gasteiger partial charge in [0.15, 0.2) is 11.9 Å². The van der Waals surface area contributed by atoms with Gasteiger partial charge in [0.25, 0.3) is 6.47 Å². The molecule has 0 amide bonds. The summed E-state index contributed by atoms with van der Waals surface area (Å²) in [7, 11) is 0. The van der Waals surface area contributed by atoms with Crippen LogP contribution in [-0.2, 0) is 14.3 Å². The van der Waals surface area contributed by atoms with Gasteiger partial charge in [-0.2, -0.15) is 0 Å². The normalized spacial score (nSPS) is 12.2. The molecule has 3 nitrogen and oxygen atoms in total. The number of rotatable bonds is 4. The minimum atomic E-state index is -0.576. The first-order chi connectivity index (χ1) is 4.22. The first-order valence-corrected chi connectivity index (χ1v) is 2.84. The summed E-state index contributed by atoms with van der Waals surface area (Å²) in [6.07, 6.45) is -0.165. The SMILES string of the molecule is CCC(=O)C(C)OC=O. The number of hydrogen-bond donors (Lipinski definition) is 0. The zero-order valence-corrected chi connectivity index (χ0v) is 5.59. The van der Waals surface area contributed by atoms with E-state index in [9.17, 15) is 9.59 Å². The van der Waals surface area contributed by atoms with Gasteiger partial charge in [-0.15, -0.1) is 0 Å². The van der Waals surface area contributed by atoms with E-state index in [1.807, 2.05) is 0 Å². The van der Waals surface area contributed by atoms with Crippen LogP contribution in [0.4, 0.5) is 0 Å². The van der Waals surface area contributed by atoms with Crippen LogP contribution in [0.3, 0.4) is 0 Å². The minimum Gasteiger partial charge on any atom is -0.457 e. The van der Waals surface area contributed by atoms with Gasteiger partial charge in [-0.3, -0.25) is 9.59 Å². The predicted octanol–water partition coefficient (Wildman–Crippen LogP) is 0.527. The van der Waals surface area contributed by atoms with Crippen LogP contribution in [0.5, 0.6) is 0 Å². The van der Waals surface area contributed by atoms with Crippen LogP contribution < -0.4 is 0 Å². The fourth-order valence-electron chi connectivity index (χ4n) is 0.447. The Morgan fingerprint density at radius 3 is 2.67 bits per heavy atom. The molecule has 0 aliphatic rings. The number of carbonyl (C=O) groups is 2. The monoisotopic (exact) mass is 130 g/mol. The molecule has 1 unspecified atom stereocenters. The molecule has 0 spiro atoms. The molecular weight excluding hydrogens is 120 g/mol. The van der Waals surface area contributed by atoms with E-state index in [2.05, 4.69) is 4.74 Å². The fraction of sp³-hybridized carbons (Fsp3) is 0.667. The lowest BCUT2D eigenvalue weighted by Gasteiger charge is -2.04. The zero-order chi connectivity index (χ0) is 7.28. The molecule has 52 valence electrons. The molecule has 0 N–H and O–H groups in total. The van der Waals surface area contributed by atoms with Crippen LogP contribution in [0.25, 0.3) is 0 Å². The van der Waals surface area contributed by atoms with Crippen LogP contribution in [0.15, 0.2) is 0 Å². The van der Waals surface area contributed by atoms with Crippen LogP contribution in [0.2, 0.25) is 0 Å². The van der Waals surface area contributed by atoms with E-state index < -0.39 is 6.10 Å². The fourth-order valence-corrected chi connectivity index (χ4v) is 0.447. The smallest absolute Gasteiger partial charge is 0.293 e. The van der Waals surface area contributed by atoms with Gasteiger partial charge < -0.3 is 4.74 Å². The van der Waals surface area contributed by atoms with Gasteiger partial charge in [0.2, 0.25) is 0 Å². The molecule has 0 aromatic carbocycles. The van der Waals surface area contributed by atoms with Crippen LogP contribution in [0, 0.1) is 0 Å². The average Bonchev–Trinajstić information content (AvgIpc) is 1.87. The van der Waals surface area contributed by atoms with E-state index >= 15 is 0 Å². The van der Waals surface area contributed by atoms with Crippen molar-refractivity contribution >= 4 is 12.3 Å². The summed E-state index contributed by atoms with van der Waals surface area (Å²) in [4.78, 5) is 20.3. The minimum absolute atomic E-state index is 0.0536. The van der Waals surface area contributed by atoms with Gasteiger partial charge in [0.1, 0.15) is 0 Å². The highest BCUT2D eigenvalue weighted by Gasteiger charge is 2.09. The summed E-state index contributed by atoms with van der Waals surface area (Å²) in [5.41, 5.74) is 0. The summed E-state index contributed by atoms with van der Waals surface area (Å²) >= 11 is 0. The van der Waals surface area contributed by atoms with Crippen molar-refractivity contribution in [3.8, 4) is 0 Å². The van der Waals surface area contributed by atoms with Crippen LogP contribution in [-0.4, -0.2) is 18.4 Å². The molecule has 0 rings (SSSR count). The summed E-state index contributed by atoms with van der Waals surface area (Å²) in [5.74, 6) is -0.0536. The topological polar surface area (TPSA) is 43.4 Å². The number of hydrogen-bond acceptors (Lipinski definition) is 3. The third-order valence-electron chi connectivity index (χ3n) is 1.06. The predicted molar refractivity (Wildman–Crippen MR) is 31.9 cm³/mol. The third kappa shape index (κ3) is 2.85. The quantitative estimate of drug-likeness (QED) is 0.521. The maximum Gasteiger partial charge on any atom is 0.293 e. The number of ketones is 1. The molecule has 0 fully saturated rings. The van der Waals surface area contributed by atoms with Gasteiger partial charge in [0, 0.05) is 6.42 Å². The third-order valence-corrected chi connectivity index (χ3v) is 1.06. The maximum absolute atomic E-state index is 10.6. The van der Waals surface area contributed by atoms with E-state index in [0.717, 1.165) is 0 Å². The van der Waals surface area contributed by atoms with Gasteiger partial charge in [-0.25, -0.2) is 0 Å². The molecule has 0 saturated heterocycles. The summed E-state index contributed by atoms with van der Waals surface area (Å²) in [6.45, 7) is 3.57. The standard InChI is InChI=1S/C6H10O3/c1-3-6(8)5(2)9-4-7/h4-5H,3H2,1-2H3. The van der Waals surface area contributed by atoms with Crippen molar-refractivity contribution in [3.63, 3.8) is 0 Å². The summed E-state index contributed by atoms with van der Waals surface area (Å²) in [5, 5.41) is 0. The van der Waals surface area contributed by atoms with Crippen molar-refractivity contribution < 1.29 is 14.3 Å². The molecule has 9 heavy (non-hydrogen) atoms. The number of ether oxygens (including phenoxy) is 1. The van der Waals surface area contributed by atoms with Gasteiger partial charge in [-0.1, -0.05) is 6.92 Å². The van der Waals surface area contributed by atoms with Crippen LogP contribution in [0.1, 0.15) is 20.3 Å². The van der Waals surface area contributed by atoms with Crippen molar-refractivity contribution in [1.29, 1.82) is 0 Å². The lowest BCUT2D eigenvalue weighted by Crippen LogP contribution is -2.18. The average molecular weight is 130 g/mol. The van der Waals surface area contributed by atoms with Crippen molar-refractivity contribution in [2.45, 2.75) is 26.4 Å². The first-order valence-electron chi connectivity index (χ1n) is 2.84. The molecule has 0 aromatic rings. The van der Waals surface area contributed by atoms with E-state index in [4.69, 9.17) is 0 Å². The molecule has 1 atom stereocenters. The Balaban J connectivity index is 3.58. The first kappa shape index (κ1) is 8.14. The largest absolute Gasteiger partial charge is 0.457 e. The van der Waals surface area contributed by atoms with Crippen molar-refractivity contribution in [2.75, 3.05) is 0 Å². The molecular formula is C6H10O3. The zero-order valence-electron chi connectivity index (χ0n) is 5.59. The second kappa shape index (κ2) is 4.06. The van der Waals surface area contributed by atoms with E-state index in [1.165, 1.54) is 0 Å². The molecule has 0 heterocycles. The molecule has 3 heteroatoms. The summed E-state index contributed by atoms with van der Waals surface area (Å²) in [6, 6.07) is 0. The van der Waals surface area contributed by atoms with E-state index in [0.29, 0.717) is 6.42 Å². The Bertz CT molecular complexity index is 109. The Labute approximate surface area is 54.0 Å². The Morgan fingerprint density at radius 2 is 2.33 bits per heavy atom. The molecule has 0 radical (unpaired) electrons. The highest BCUT2D eigenvalue weighted by atomic mass is 16.5. The van der Waals surface area contributed by atoms with Crippen LogP contribution >= 0.6 is 0 Å². The Hall–Kier alpha value is -0.860. The van der Waals surface area contributed by atoms with E-state index in [-0.39, 0.29) is 12.3 Å². The molecule has 0 bridgehead atoms. The van der Waals surface area contributed by atoms with E-state index in [1.54, 1.807) is 13.8 Å². The molecule has 0 aliphatic carbocycles. The lowest BCUT2D eigenvalue weighted by molar-refractivity contribution is -0.142. The number of carbonyl (C=O) groups excluding carboxylic acids is 2. The Kier molecular flexibility index (Phi) is 3.67. The second-order valence-corrected chi connectivity index (χ2v) is 1.69. The van der Waals surface area contributed by atoms with Gasteiger partial charge in [-0.05, 0) is 6.92 Å². The molecule has 0 saturated carbocycles.